The van der Waals surface area contributed by atoms with Crippen LogP contribution in [0.15, 0.2) is 23.3 Å². The van der Waals surface area contributed by atoms with Gasteiger partial charge in [0.1, 0.15) is 23.4 Å². The molecule has 8 saturated carbocycles. The van der Waals surface area contributed by atoms with Crippen molar-refractivity contribution < 1.29 is 44.3 Å². The van der Waals surface area contributed by atoms with E-state index in [9.17, 15) is 39.6 Å². The summed E-state index contributed by atoms with van der Waals surface area (Å²) in [6.07, 6.45) is 21.2. The number of carbonyl (C=O) groups is 4. The zero-order chi connectivity index (χ0) is 52.3. The van der Waals surface area contributed by atoms with Gasteiger partial charge in [-0.1, -0.05) is 113 Å². The van der Waals surface area contributed by atoms with E-state index >= 15 is 0 Å². The monoisotopic (exact) mass is 985 g/mol. The summed E-state index contributed by atoms with van der Waals surface area (Å²) in [4.78, 5) is 50.7. The quantitative estimate of drug-likeness (QED) is 0.155. The van der Waals surface area contributed by atoms with Crippen molar-refractivity contribution in [2.75, 3.05) is 7.11 Å². The molecule has 9 heteroatoms. The van der Waals surface area contributed by atoms with Crippen molar-refractivity contribution in [2.24, 2.45) is 106 Å². The minimum absolute atomic E-state index is 0.0253. The molecule has 8 fully saturated rings. The molecule has 0 radical (unpaired) electrons. The van der Waals surface area contributed by atoms with Crippen LogP contribution in [0.3, 0.4) is 0 Å². The summed E-state index contributed by atoms with van der Waals surface area (Å²) in [6, 6.07) is 0. The van der Waals surface area contributed by atoms with Crippen molar-refractivity contribution in [2.45, 2.75) is 224 Å². The second kappa shape index (κ2) is 16.6. The lowest BCUT2D eigenvalue weighted by molar-refractivity contribution is -0.217. The molecule has 0 bridgehead atoms. The molecular formula is C62H96O9. The van der Waals surface area contributed by atoms with Gasteiger partial charge in [0.05, 0.1) is 23.7 Å². The third-order valence-electron chi connectivity index (χ3n) is 26.8. The number of carboxylic acid groups (broad SMARTS) is 2. The number of carbonyl (C=O) groups excluding carboxylic acids is 2. The highest BCUT2D eigenvalue weighted by atomic mass is 16.5. The van der Waals surface area contributed by atoms with Crippen LogP contribution < -0.4 is 0 Å². The van der Waals surface area contributed by atoms with Crippen molar-refractivity contribution in [1.29, 1.82) is 0 Å². The fraction of sp³-hybridized carbons (Fsp3) is 0.871. The number of ether oxygens (including phenoxy) is 1. The number of aliphatic hydroxyl groups excluding tert-OH is 2. The van der Waals surface area contributed by atoms with E-state index in [1.54, 1.807) is 7.11 Å². The maximum atomic E-state index is 13.1. The van der Waals surface area contributed by atoms with Gasteiger partial charge in [-0.2, -0.15) is 0 Å². The second-order valence-electron chi connectivity index (χ2n) is 30.2. The SMILES string of the molecule is CC1(C)CC[C@]2(C(=O)O)C(O)C[C@]3(C)C(=CCC4C5(C)CC[C@H](O)[C@](C)(C=O)[C@@H]5CC[C@@]43C)C2C1.COC1C[C@]2(C)C(=CCC3C4(C)CC[C@H](C)[C@](C)(C=O)[C@@H]4CC[C@@]32C)C2CC(C)(C)CC[C@]12C(=O)O. The topological polar surface area (TPSA) is 158 Å². The Kier molecular flexibility index (Phi) is 12.5. The molecule has 10 rings (SSSR count). The maximum Gasteiger partial charge on any atom is 0.312 e. The van der Waals surface area contributed by atoms with E-state index in [0.29, 0.717) is 49.4 Å². The molecule has 10 aliphatic rings. The van der Waals surface area contributed by atoms with Crippen LogP contribution in [0.4, 0.5) is 0 Å². The van der Waals surface area contributed by atoms with E-state index < -0.39 is 40.4 Å². The summed E-state index contributed by atoms with van der Waals surface area (Å²) in [5.74, 6) is 0.182. The molecule has 10 aliphatic carbocycles. The summed E-state index contributed by atoms with van der Waals surface area (Å²) >= 11 is 0. The summed E-state index contributed by atoms with van der Waals surface area (Å²) in [5.41, 5.74) is -0.366. The van der Waals surface area contributed by atoms with Crippen LogP contribution in [-0.2, 0) is 23.9 Å². The molecule has 0 saturated heterocycles. The van der Waals surface area contributed by atoms with Crippen molar-refractivity contribution in [3.05, 3.63) is 23.3 Å². The van der Waals surface area contributed by atoms with Gasteiger partial charge < -0.3 is 34.8 Å². The molecular weight excluding hydrogens is 889 g/mol. The van der Waals surface area contributed by atoms with Gasteiger partial charge in [0.2, 0.25) is 0 Å². The number of hydrogen-bond donors (Lipinski definition) is 4. The molecule has 0 aromatic rings. The molecule has 0 heterocycles. The number of aldehydes is 2. The molecule has 4 N–H and O–H groups in total. The molecule has 8 unspecified atom stereocenters. The standard InChI is InChI=1S/C32H50O4.C30H46O5/c1-20-11-13-28(4)23(29(20,5)19-33)12-14-30(6)24(28)10-9-21-22-17-27(2,3)15-16-32(22,26(34)35)25(36-8)18-31(21,30)7;1-25(2)13-14-30(24(34)35)19(15-25)18-7-8-21-26(3)11-10-22(32)27(4,17-31)20(26)9-12-28(21,5)29(18,6)16-23(30)33/h9,19-20,22-25H,10-18H2,1-8H3,(H,34,35);7,17,19-23,32-33H,8-16H2,1-6H3,(H,34,35)/t20-,22?,23+,24?,25?,28?,29-,30-,31+,32+;19?,20-,21?,22+,23?,26?,27-,28+,29-,30-/m01/s1. The predicted molar refractivity (Wildman–Crippen MR) is 277 cm³/mol. The van der Waals surface area contributed by atoms with E-state index in [1.165, 1.54) is 23.9 Å². The average Bonchev–Trinajstić information content (AvgIpc) is 3.29. The van der Waals surface area contributed by atoms with Gasteiger partial charge >= 0.3 is 11.9 Å². The summed E-state index contributed by atoms with van der Waals surface area (Å²) in [5, 5.41) is 43.7. The highest BCUT2D eigenvalue weighted by Gasteiger charge is 2.74. The van der Waals surface area contributed by atoms with Gasteiger partial charge in [0.15, 0.2) is 0 Å². The van der Waals surface area contributed by atoms with E-state index in [-0.39, 0.29) is 72.6 Å². The molecule has 0 amide bonds. The van der Waals surface area contributed by atoms with E-state index in [2.05, 4.69) is 95.2 Å². The Bertz CT molecular complexity index is 2260. The van der Waals surface area contributed by atoms with E-state index in [1.807, 2.05) is 6.92 Å². The summed E-state index contributed by atoms with van der Waals surface area (Å²) < 4.78 is 6.17. The van der Waals surface area contributed by atoms with Crippen LogP contribution >= 0.6 is 0 Å². The van der Waals surface area contributed by atoms with Gasteiger partial charge in [-0.25, -0.2) is 0 Å². The van der Waals surface area contributed by atoms with Crippen molar-refractivity contribution in [1.82, 2.24) is 0 Å². The number of carboxylic acids is 2. The minimum atomic E-state index is -1.09. The Hall–Kier alpha value is -2.36. The van der Waals surface area contributed by atoms with Gasteiger partial charge in [0.25, 0.3) is 0 Å². The molecule has 20 atom stereocenters. The molecule has 0 aromatic heterocycles. The Morgan fingerprint density at radius 1 is 0.535 bits per heavy atom. The van der Waals surface area contributed by atoms with Crippen LogP contribution in [0.25, 0.3) is 0 Å². The minimum Gasteiger partial charge on any atom is -0.481 e. The van der Waals surface area contributed by atoms with Crippen molar-refractivity contribution >= 4 is 24.5 Å². The van der Waals surface area contributed by atoms with E-state index in [4.69, 9.17) is 4.74 Å². The van der Waals surface area contributed by atoms with Gasteiger partial charge in [0, 0.05) is 12.5 Å². The first-order chi connectivity index (χ1) is 32.8. The highest BCUT2D eigenvalue weighted by molar-refractivity contribution is 5.78. The largest absolute Gasteiger partial charge is 0.481 e. The molecule has 9 nitrogen and oxygen atoms in total. The van der Waals surface area contributed by atoms with Crippen LogP contribution in [0.1, 0.15) is 206 Å². The molecule has 0 spiro atoms. The van der Waals surface area contributed by atoms with Crippen LogP contribution in [-0.4, -0.2) is 70.4 Å². The van der Waals surface area contributed by atoms with Gasteiger partial charge in [-0.15, -0.1) is 0 Å². The molecule has 0 aromatic carbocycles. The first kappa shape index (κ1) is 53.5. The second-order valence-corrected chi connectivity index (χ2v) is 30.2. The number of fused-ring (bicyclic) bond motifs is 14. The molecule has 398 valence electrons. The zero-order valence-corrected chi connectivity index (χ0v) is 46.6. The normalized spacial score (nSPS) is 54.3. The zero-order valence-electron chi connectivity index (χ0n) is 46.6. The summed E-state index contributed by atoms with van der Waals surface area (Å²) in [7, 11) is 1.74. The van der Waals surface area contributed by atoms with Gasteiger partial charge in [-0.3, -0.25) is 9.59 Å². The average molecular weight is 985 g/mol. The first-order valence-corrected chi connectivity index (χ1v) is 28.5. The van der Waals surface area contributed by atoms with Crippen LogP contribution in [0.5, 0.6) is 0 Å². The molecule has 71 heavy (non-hydrogen) atoms. The Morgan fingerprint density at radius 2 is 0.972 bits per heavy atom. The lowest BCUT2D eigenvalue weighted by Crippen LogP contribution is -2.67. The fourth-order valence-electron chi connectivity index (χ4n) is 21.7. The number of allylic oxidation sites excluding steroid dienone is 4. The van der Waals surface area contributed by atoms with Crippen molar-refractivity contribution in [3.63, 3.8) is 0 Å². The number of hydrogen-bond acceptors (Lipinski definition) is 7. The fourth-order valence-corrected chi connectivity index (χ4v) is 21.7. The van der Waals surface area contributed by atoms with E-state index in [0.717, 1.165) is 89.8 Å². The van der Waals surface area contributed by atoms with Crippen molar-refractivity contribution in [3.8, 4) is 0 Å². The Morgan fingerprint density at radius 3 is 1.44 bits per heavy atom. The number of aliphatic carboxylic acids is 2. The smallest absolute Gasteiger partial charge is 0.312 e. The third kappa shape index (κ3) is 6.76. The van der Waals surface area contributed by atoms with Crippen LogP contribution in [0.2, 0.25) is 0 Å². The Labute approximate surface area is 428 Å². The summed E-state index contributed by atoms with van der Waals surface area (Å²) in [6.45, 7) is 30.1. The third-order valence-corrected chi connectivity index (χ3v) is 26.8. The predicted octanol–water partition coefficient (Wildman–Crippen LogP) is 12.7. The number of rotatable bonds is 5. The van der Waals surface area contributed by atoms with Crippen LogP contribution in [0, 0.1) is 106 Å². The lowest BCUT2D eigenvalue weighted by atomic mass is 9.33. The number of methoxy groups -OCH3 is 1. The lowest BCUT2D eigenvalue weighted by Gasteiger charge is -2.71. The highest BCUT2D eigenvalue weighted by Crippen LogP contribution is 2.78. The Balaban J connectivity index is 0.000000176. The molecule has 0 aliphatic heterocycles. The number of aliphatic hydroxyl groups is 2. The van der Waals surface area contributed by atoms with Gasteiger partial charge in [-0.05, 0) is 200 Å². The first-order valence-electron chi connectivity index (χ1n) is 28.5. The maximum absolute atomic E-state index is 13.1.